The maximum Gasteiger partial charge on any atom is 0.305 e. The van der Waals surface area contributed by atoms with Crippen LogP contribution in [-0.4, -0.2) is 50.9 Å². The smallest absolute Gasteiger partial charge is 0.305 e. The second kappa shape index (κ2) is 13.3. The number of aromatic nitrogens is 1. The molecule has 1 aromatic heterocycles. The Labute approximate surface area is 212 Å². The van der Waals surface area contributed by atoms with Gasteiger partial charge in [0.25, 0.3) is 5.91 Å². The van der Waals surface area contributed by atoms with Crippen molar-refractivity contribution < 1.29 is 29.3 Å². The number of hydrogen-bond acceptors (Lipinski definition) is 5. The average molecular weight is 501 g/mol. The van der Waals surface area contributed by atoms with Crippen molar-refractivity contribution >= 4 is 18.0 Å². The van der Waals surface area contributed by atoms with Gasteiger partial charge in [-0.05, 0) is 36.0 Å². The Hall–Kier alpha value is -3.10. The summed E-state index contributed by atoms with van der Waals surface area (Å²) in [4.78, 5) is 29.2. The molecule has 0 fully saturated rings. The Morgan fingerprint density at radius 3 is 2.19 bits per heavy atom. The third-order valence-electron chi connectivity index (χ3n) is 5.69. The molecular weight excluding hydrogens is 463 g/mol. The van der Waals surface area contributed by atoms with Crippen LogP contribution in [0.5, 0.6) is 0 Å². The normalized spacial score (nSPS) is 13.4. The van der Waals surface area contributed by atoms with Crippen LogP contribution in [0.15, 0.2) is 30.3 Å². The van der Waals surface area contributed by atoms with Crippen LogP contribution in [0.1, 0.15) is 93.0 Å². The largest absolute Gasteiger partial charge is 0.481 e. The summed E-state index contributed by atoms with van der Waals surface area (Å²) in [6, 6.07) is 5.89. The molecule has 36 heavy (non-hydrogen) atoms. The van der Waals surface area contributed by atoms with Crippen molar-refractivity contribution in [2.75, 3.05) is 6.54 Å². The number of pyridine rings is 1. The van der Waals surface area contributed by atoms with E-state index in [1.165, 1.54) is 18.2 Å². The van der Waals surface area contributed by atoms with Crippen molar-refractivity contribution in [1.29, 1.82) is 0 Å². The Morgan fingerprint density at radius 2 is 1.67 bits per heavy atom. The van der Waals surface area contributed by atoms with Gasteiger partial charge in [-0.2, -0.15) is 0 Å². The summed E-state index contributed by atoms with van der Waals surface area (Å²) >= 11 is 0. The third-order valence-corrected chi connectivity index (χ3v) is 5.69. The molecule has 1 aromatic carbocycles. The highest BCUT2D eigenvalue weighted by Crippen LogP contribution is 2.37. The minimum absolute atomic E-state index is 0.0381. The zero-order chi connectivity index (χ0) is 27.0. The number of halogens is 1. The lowest BCUT2D eigenvalue weighted by Crippen LogP contribution is -2.27. The van der Waals surface area contributed by atoms with E-state index in [0.29, 0.717) is 40.2 Å². The van der Waals surface area contributed by atoms with Crippen molar-refractivity contribution in [2.45, 2.75) is 77.9 Å². The number of aliphatic hydroxyl groups is 2. The molecule has 196 valence electrons. The van der Waals surface area contributed by atoms with E-state index in [1.54, 1.807) is 18.2 Å². The molecule has 0 saturated carbocycles. The van der Waals surface area contributed by atoms with E-state index in [0.717, 1.165) is 6.42 Å². The van der Waals surface area contributed by atoms with Gasteiger partial charge in [0.2, 0.25) is 0 Å². The molecule has 2 rings (SSSR count). The van der Waals surface area contributed by atoms with Crippen LogP contribution >= 0.6 is 0 Å². The highest BCUT2D eigenvalue weighted by molar-refractivity contribution is 6.04. The summed E-state index contributed by atoms with van der Waals surface area (Å²) in [5, 5.41) is 32.2. The average Bonchev–Trinajstić information content (AvgIpc) is 2.79. The summed E-state index contributed by atoms with van der Waals surface area (Å²) in [5.41, 5.74) is 3.55. The van der Waals surface area contributed by atoms with Gasteiger partial charge in [-0.15, -0.1) is 0 Å². The van der Waals surface area contributed by atoms with Crippen LogP contribution in [-0.2, 0) is 4.79 Å². The van der Waals surface area contributed by atoms with Crippen molar-refractivity contribution in [3.63, 3.8) is 0 Å². The van der Waals surface area contributed by atoms with Crippen molar-refractivity contribution in [1.82, 2.24) is 10.3 Å². The van der Waals surface area contributed by atoms with Crippen molar-refractivity contribution in [3.8, 4) is 11.1 Å². The number of carboxylic acid groups (broad SMARTS) is 1. The van der Waals surface area contributed by atoms with Crippen LogP contribution < -0.4 is 5.32 Å². The van der Waals surface area contributed by atoms with E-state index in [-0.39, 0.29) is 24.2 Å². The minimum atomic E-state index is -1.21. The molecule has 7 nitrogen and oxygen atoms in total. The molecule has 2 aromatic rings. The molecule has 0 spiro atoms. The van der Waals surface area contributed by atoms with E-state index < -0.39 is 30.4 Å². The SMILES string of the molecule is CCCNC(=O)c1c(C(C)C)nc(C(C)C)c(/C=C/[C@H](O)C[C@H](O)CC(=O)O)c1-c1ccc(F)cc1. The van der Waals surface area contributed by atoms with Crippen LogP contribution in [0.4, 0.5) is 4.39 Å². The van der Waals surface area contributed by atoms with E-state index >= 15 is 0 Å². The fraction of sp³-hybridized carbons (Fsp3) is 0.464. The molecule has 2 atom stereocenters. The number of carbonyl (C=O) groups is 2. The number of benzene rings is 1. The molecule has 0 bridgehead atoms. The minimum Gasteiger partial charge on any atom is -0.481 e. The Kier molecular flexibility index (Phi) is 10.7. The predicted octanol–water partition coefficient (Wildman–Crippen LogP) is 4.87. The highest BCUT2D eigenvalue weighted by atomic mass is 19.1. The number of carbonyl (C=O) groups excluding carboxylic acids is 1. The molecule has 0 aliphatic rings. The number of carboxylic acids is 1. The molecule has 0 unspecified atom stereocenters. The number of nitrogens with zero attached hydrogens (tertiary/aromatic N) is 1. The zero-order valence-corrected chi connectivity index (χ0v) is 21.6. The quantitative estimate of drug-likeness (QED) is 0.330. The maximum absolute atomic E-state index is 13.8. The monoisotopic (exact) mass is 500 g/mol. The van der Waals surface area contributed by atoms with Gasteiger partial charge in [-0.25, -0.2) is 4.39 Å². The molecule has 8 heteroatoms. The van der Waals surface area contributed by atoms with E-state index in [1.807, 2.05) is 34.6 Å². The second-order valence-corrected chi connectivity index (χ2v) is 9.53. The zero-order valence-electron chi connectivity index (χ0n) is 21.6. The lowest BCUT2D eigenvalue weighted by atomic mass is 9.86. The molecule has 0 aliphatic heterocycles. The highest BCUT2D eigenvalue weighted by Gasteiger charge is 2.27. The maximum atomic E-state index is 13.8. The summed E-state index contributed by atoms with van der Waals surface area (Å²) < 4.78 is 13.8. The molecule has 1 amide bonds. The van der Waals surface area contributed by atoms with Crippen LogP contribution in [0, 0.1) is 5.82 Å². The van der Waals surface area contributed by atoms with Gasteiger partial charge in [0, 0.05) is 24.1 Å². The van der Waals surface area contributed by atoms with E-state index in [2.05, 4.69) is 5.32 Å². The molecule has 0 saturated heterocycles. The summed E-state index contributed by atoms with van der Waals surface area (Å²) in [6.07, 6.45) is 0.901. The Morgan fingerprint density at radius 1 is 1.06 bits per heavy atom. The van der Waals surface area contributed by atoms with Gasteiger partial charge >= 0.3 is 5.97 Å². The fourth-order valence-electron chi connectivity index (χ4n) is 3.99. The van der Waals surface area contributed by atoms with Crippen LogP contribution in [0.2, 0.25) is 0 Å². The third kappa shape index (κ3) is 7.70. The van der Waals surface area contributed by atoms with Gasteiger partial charge in [0.1, 0.15) is 5.82 Å². The molecular formula is C28H37FN2O5. The first-order chi connectivity index (χ1) is 17.0. The standard InChI is InChI=1S/C28H37FN2O5/c1-6-13-30-28(36)25-24(18-7-9-19(29)10-8-18)22(26(16(2)3)31-27(25)17(4)5)12-11-20(32)14-21(33)15-23(34)35/h7-12,16-17,20-21,32-33H,6,13-15H2,1-5H3,(H,30,36)(H,34,35)/b12-11+/t20-,21-/m0/s1. The summed E-state index contributed by atoms with van der Waals surface area (Å²) in [6.45, 7) is 10.3. The van der Waals surface area contributed by atoms with Crippen molar-refractivity contribution in [2.24, 2.45) is 0 Å². The van der Waals surface area contributed by atoms with Gasteiger partial charge in [-0.1, -0.05) is 58.9 Å². The van der Waals surface area contributed by atoms with Gasteiger partial charge in [0.05, 0.1) is 35.6 Å². The lowest BCUT2D eigenvalue weighted by molar-refractivity contribution is -0.139. The van der Waals surface area contributed by atoms with Crippen LogP contribution in [0.25, 0.3) is 17.2 Å². The van der Waals surface area contributed by atoms with E-state index in [4.69, 9.17) is 10.1 Å². The second-order valence-electron chi connectivity index (χ2n) is 9.53. The summed E-state index contributed by atoms with van der Waals surface area (Å²) in [5.74, 6) is -1.95. The van der Waals surface area contributed by atoms with Gasteiger partial charge in [-0.3, -0.25) is 14.6 Å². The number of amides is 1. The first kappa shape index (κ1) is 29.1. The molecule has 0 aliphatic carbocycles. The first-order valence-electron chi connectivity index (χ1n) is 12.3. The first-order valence-corrected chi connectivity index (χ1v) is 12.3. The Balaban J connectivity index is 2.78. The lowest BCUT2D eigenvalue weighted by Gasteiger charge is -2.23. The number of rotatable bonds is 12. The van der Waals surface area contributed by atoms with Crippen molar-refractivity contribution in [3.05, 3.63) is 58.7 Å². The van der Waals surface area contributed by atoms with E-state index in [9.17, 15) is 24.2 Å². The molecule has 1 heterocycles. The Bertz CT molecular complexity index is 1080. The fourth-order valence-corrected chi connectivity index (χ4v) is 3.99. The number of hydrogen-bond donors (Lipinski definition) is 4. The number of nitrogens with one attached hydrogen (secondary N) is 1. The topological polar surface area (TPSA) is 120 Å². The number of aliphatic carboxylic acids is 1. The summed E-state index contributed by atoms with van der Waals surface area (Å²) in [7, 11) is 0. The number of aliphatic hydroxyl groups excluding tert-OH is 2. The predicted molar refractivity (Wildman–Crippen MR) is 138 cm³/mol. The molecule has 4 N–H and O–H groups in total. The van der Waals surface area contributed by atoms with Gasteiger partial charge in [0.15, 0.2) is 0 Å². The molecule has 0 radical (unpaired) electrons. The van der Waals surface area contributed by atoms with Crippen LogP contribution in [0.3, 0.4) is 0 Å². The van der Waals surface area contributed by atoms with Gasteiger partial charge < -0.3 is 20.6 Å².